The molecule has 1 aromatic carbocycles. The van der Waals surface area contributed by atoms with Crippen LogP contribution in [0.5, 0.6) is 0 Å². The van der Waals surface area contributed by atoms with Crippen molar-refractivity contribution >= 4 is 28.9 Å². The Kier molecular flexibility index (Phi) is 3.09. The summed E-state index contributed by atoms with van der Waals surface area (Å²) in [6.07, 6.45) is 3.68. The topological polar surface area (TPSA) is 65.1 Å². The number of halogens is 2. The summed E-state index contributed by atoms with van der Waals surface area (Å²) in [4.78, 5) is 1.95. The zero-order valence-electron chi connectivity index (χ0n) is 10.3. The molecule has 20 heavy (non-hydrogen) atoms. The molecule has 4 nitrogen and oxygen atoms in total. The molecule has 0 aliphatic carbocycles. The Morgan fingerprint density at radius 3 is 2.90 bits per heavy atom. The predicted molar refractivity (Wildman–Crippen MR) is 79.9 cm³/mol. The first-order chi connectivity index (χ1) is 9.60. The number of dihydropyridines is 1. The lowest BCUT2D eigenvalue weighted by molar-refractivity contribution is 0.962. The van der Waals surface area contributed by atoms with Crippen molar-refractivity contribution in [1.29, 1.82) is 5.26 Å². The first-order valence-corrected chi connectivity index (χ1v) is 6.65. The maximum Gasteiger partial charge on any atom is 0.119 e. The molecule has 0 unspecified atom stereocenters. The van der Waals surface area contributed by atoms with Gasteiger partial charge in [-0.05, 0) is 23.8 Å². The van der Waals surface area contributed by atoms with Crippen molar-refractivity contribution in [2.24, 2.45) is 5.73 Å². The van der Waals surface area contributed by atoms with Gasteiger partial charge in [-0.3, -0.25) is 0 Å². The first kappa shape index (κ1) is 12.9. The van der Waals surface area contributed by atoms with Crippen molar-refractivity contribution in [2.45, 2.75) is 0 Å². The van der Waals surface area contributed by atoms with E-state index in [9.17, 15) is 5.26 Å². The molecule has 3 N–H and O–H groups in total. The number of nitrogens with two attached hydrogens (primary N) is 1. The summed E-state index contributed by atoms with van der Waals surface area (Å²) in [5, 5.41) is 13.3. The number of hydrogen-bond acceptors (Lipinski definition) is 4. The second kappa shape index (κ2) is 4.78. The number of nitriles is 1. The molecule has 0 amide bonds. The highest BCUT2D eigenvalue weighted by Gasteiger charge is 2.27. The zero-order valence-corrected chi connectivity index (χ0v) is 11.8. The molecule has 0 atom stereocenters. The SMILES string of the molecule is N#CC1=C(N)NC=C2CN(c3cc(Cl)ccc3Cl)C=C21. The van der Waals surface area contributed by atoms with E-state index in [1.807, 2.05) is 11.1 Å². The minimum Gasteiger partial charge on any atom is -0.384 e. The smallest absolute Gasteiger partial charge is 0.119 e. The molecule has 0 saturated heterocycles. The summed E-state index contributed by atoms with van der Waals surface area (Å²) >= 11 is 12.2. The van der Waals surface area contributed by atoms with Gasteiger partial charge in [0.1, 0.15) is 17.5 Å². The molecule has 0 aromatic heterocycles. The minimum atomic E-state index is 0.363. The van der Waals surface area contributed by atoms with Crippen LogP contribution in [-0.4, -0.2) is 6.54 Å². The van der Waals surface area contributed by atoms with Crippen LogP contribution >= 0.6 is 23.2 Å². The maximum absolute atomic E-state index is 9.20. The van der Waals surface area contributed by atoms with Gasteiger partial charge in [-0.2, -0.15) is 5.26 Å². The number of hydrogen-bond donors (Lipinski definition) is 2. The van der Waals surface area contributed by atoms with Crippen LogP contribution in [0, 0.1) is 11.3 Å². The summed E-state index contributed by atoms with van der Waals surface area (Å²) in [7, 11) is 0. The molecule has 3 rings (SSSR count). The lowest BCUT2D eigenvalue weighted by Gasteiger charge is -2.17. The molecule has 6 heteroatoms. The highest BCUT2D eigenvalue weighted by molar-refractivity contribution is 6.35. The van der Waals surface area contributed by atoms with Gasteiger partial charge < -0.3 is 16.0 Å². The summed E-state index contributed by atoms with van der Waals surface area (Å²) in [5.74, 6) is 0.363. The monoisotopic (exact) mass is 304 g/mol. The van der Waals surface area contributed by atoms with E-state index in [4.69, 9.17) is 28.9 Å². The van der Waals surface area contributed by atoms with Gasteiger partial charge in [-0.15, -0.1) is 0 Å². The van der Waals surface area contributed by atoms with E-state index >= 15 is 0 Å². The molecule has 2 aliphatic rings. The van der Waals surface area contributed by atoms with Gasteiger partial charge in [0.25, 0.3) is 0 Å². The minimum absolute atomic E-state index is 0.363. The first-order valence-electron chi connectivity index (χ1n) is 5.90. The number of fused-ring (bicyclic) bond motifs is 1. The lowest BCUT2D eigenvalue weighted by atomic mass is 10.0. The molecule has 0 bridgehead atoms. The molecule has 0 fully saturated rings. The van der Waals surface area contributed by atoms with E-state index in [0.717, 1.165) is 16.8 Å². The summed E-state index contributed by atoms with van der Waals surface area (Å²) in [5.41, 5.74) is 8.84. The van der Waals surface area contributed by atoms with Gasteiger partial charge in [0, 0.05) is 29.5 Å². The van der Waals surface area contributed by atoms with Gasteiger partial charge in [0.15, 0.2) is 0 Å². The number of rotatable bonds is 1. The number of benzene rings is 1. The van der Waals surface area contributed by atoms with Gasteiger partial charge in [-0.1, -0.05) is 23.2 Å². The number of allylic oxidation sites excluding steroid dienone is 1. The largest absolute Gasteiger partial charge is 0.384 e. The molecular formula is C14H10Cl2N4. The summed E-state index contributed by atoms with van der Waals surface area (Å²) in [6.45, 7) is 0.612. The van der Waals surface area contributed by atoms with Crippen LogP contribution in [0.4, 0.5) is 5.69 Å². The molecule has 0 spiro atoms. The molecular weight excluding hydrogens is 295 g/mol. The van der Waals surface area contributed by atoms with Crippen LogP contribution in [0.3, 0.4) is 0 Å². The standard InChI is InChI=1S/C14H10Cl2N4/c15-9-1-2-12(16)13(3-9)20-6-8-5-19-14(18)10(4-17)11(8)7-20/h1-3,5,7,19H,6,18H2. The fourth-order valence-corrected chi connectivity index (χ4v) is 2.66. The summed E-state index contributed by atoms with van der Waals surface area (Å²) in [6, 6.07) is 7.41. The quantitative estimate of drug-likeness (QED) is 0.837. The van der Waals surface area contributed by atoms with Crippen LogP contribution < -0.4 is 16.0 Å². The molecule has 2 aliphatic heterocycles. The van der Waals surface area contributed by atoms with Crippen LogP contribution in [-0.2, 0) is 0 Å². The Hall–Kier alpha value is -2.09. The van der Waals surface area contributed by atoms with Gasteiger partial charge >= 0.3 is 0 Å². The highest BCUT2D eigenvalue weighted by Crippen LogP contribution is 2.36. The molecule has 1 aromatic rings. The number of nitrogens with one attached hydrogen (secondary N) is 1. The third kappa shape index (κ3) is 2.01. The Labute approximate surface area is 126 Å². The Morgan fingerprint density at radius 1 is 1.35 bits per heavy atom. The Bertz CT molecular complexity index is 725. The number of nitrogens with zero attached hydrogens (tertiary/aromatic N) is 2. The van der Waals surface area contributed by atoms with Crippen LogP contribution in [0.1, 0.15) is 0 Å². The van der Waals surface area contributed by atoms with E-state index in [1.54, 1.807) is 24.4 Å². The van der Waals surface area contributed by atoms with Gasteiger partial charge in [0.2, 0.25) is 0 Å². The van der Waals surface area contributed by atoms with E-state index in [-0.39, 0.29) is 0 Å². The molecule has 0 saturated carbocycles. The molecule has 100 valence electrons. The van der Waals surface area contributed by atoms with Crippen molar-refractivity contribution in [3.05, 3.63) is 63.2 Å². The number of anilines is 1. The van der Waals surface area contributed by atoms with Gasteiger partial charge in [0.05, 0.1) is 10.7 Å². The zero-order chi connectivity index (χ0) is 14.3. The van der Waals surface area contributed by atoms with Crippen molar-refractivity contribution in [3.8, 4) is 6.07 Å². The van der Waals surface area contributed by atoms with Crippen molar-refractivity contribution in [2.75, 3.05) is 11.4 Å². The third-order valence-electron chi connectivity index (χ3n) is 3.24. The summed E-state index contributed by atoms with van der Waals surface area (Å²) < 4.78 is 0. The van der Waals surface area contributed by atoms with Crippen LogP contribution in [0.25, 0.3) is 0 Å². The van der Waals surface area contributed by atoms with E-state index in [2.05, 4.69) is 11.4 Å². The fourth-order valence-electron chi connectivity index (χ4n) is 2.26. The average molecular weight is 305 g/mol. The van der Waals surface area contributed by atoms with Crippen LogP contribution in [0.15, 0.2) is 53.1 Å². The van der Waals surface area contributed by atoms with E-state index in [0.29, 0.717) is 28.0 Å². The van der Waals surface area contributed by atoms with Gasteiger partial charge in [-0.25, -0.2) is 0 Å². The van der Waals surface area contributed by atoms with Crippen molar-refractivity contribution in [1.82, 2.24) is 5.32 Å². The second-order valence-electron chi connectivity index (χ2n) is 4.48. The lowest BCUT2D eigenvalue weighted by Crippen LogP contribution is -2.22. The highest BCUT2D eigenvalue weighted by atomic mass is 35.5. The normalized spacial score (nSPS) is 17.1. The fraction of sp³-hybridized carbons (Fsp3) is 0.0714. The van der Waals surface area contributed by atoms with Crippen LogP contribution in [0.2, 0.25) is 10.0 Å². The average Bonchev–Trinajstić information content (AvgIpc) is 2.85. The van der Waals surface area contributed by atoms with Crippen molar-refractivity contribution in [3.63, 3.8) is 0 Å². The maximum atomic E-state index is 9.20. The second-order valence-corrected chi connectivity index (χ2v) is 5.32. The predicted octanol–water partition coefficient (Wildman–Crippen LogP) is 2.88. The Morgan fingerprint density at radius 2 is 2.15 bits per heavy atom. The van der Waals surface area contributed by atoms with E-state index < -0.39 is 0 Å². The molecule has 0 radical (unpaired) electrons. The molecule has 2 heterocycles. The van der Waals surface area contributed by atoms with E-state index in [1.165, 1.54) is 0 Å². The Balaban J connectivity index is 2.05. The third-order valence-corrected chi connectivity index (χ3v) is 3.80. The van der Waals surface area contributed by atoms with Crippen molar-refractivity contribution < 1.29 is 0 Å².